The van der Waals surface area contributed by atoms with Crippen molar-refractivity contribution >= 4 is 45.7 Å². The molecule has 0 aliphatic carbocycles. The van der Waals surface area contributed by atoms with Gasteiger partial charge in [-0.05, 0) is 45.1 Å². The average molecular weight is 819 g/mol. The molecule has 1 unspecified atom stereocenters. The highest BCUT2D eigenvalue weighted by Crippen LogP contribution is 2.26. The van der Waals surface area contributed by atoms with E-state index >= 15 is 0 Å². The molecule has 3 amide bonds. The third-order valence-corrected chi connectivity index (χ3v) is 11.0. The van der Waals surface area contributed by atoms with E-state index in [4.69, 9.17) is 14.9 Å². The van der Waals surface area contributed by atoms with Gasteiger partial charge in [0.05, 0.1) is 6.42 Å². The molecule has 0 aromatic heterocycles. The molecule has 3 saturated heterocycles. The number of carboxylic acid groups (broad SMARTS) is 1. The summed E-state index contributed by atoms with van der Waals surface area (Å²) in [5.74, 6) is -9.42. The van der Waals surface area contributed by atoms with Gasteiger partial charge in [-0.25, -0.2) is 40.4 Å². The molecular formula is C34H42F4N6O11S. The van der Waals surface area contributed by atoms with Gasteiger partial charge in [0.2, 0.25) is 10.0 Å². The van der Waals surface area contributed by atoms with Crippen LogP contribution in [0.4, 0.5) is 32.8 Å². The van der Waals surface area contributed by atoms with Gasteiger partial charge in [-0.1, -0.05) is 0 Å². The maximum atomic E-state index is 14.6. The van der Waals surface area contributed by atoms with Crippen molar-refractivity contribution in [1.82, 2.24) is 23.9 Å². The van der Waals surface area contributed by atoms with Crippen molar-refractivity contribution in [2.75, 3.05) is 84.9 Å². The number of hydrogen-bond acceptors (Lipinski definition) is 12. The highest BCUT2D eigenvalue weighted by atomic mass is 32.2. The Labute approximate surface area is 319 Å². The topological polar surface area (TPSA) is 207 Å². The lowest BCUT2D eigenvalue weighted by Crippen LogP contribution is -2.49. The minimum absolute atomic E-state index is 0.0347. The van der Waals surface area contributed by atoms with Crippen molar-refractivity contribution in [2.45, 2.75) is 36.4 Å². The predicted molar refractivity (Wildman–Crippen MR) is 187 cm³/mol. The van der Waals surface area contributed by atoms with E-state index < -0.39 is 92.5 Å². The summed E-state index contributed by atoms with van der Waals surface area (Å²) in [5, 5.41) is 19.6. The van der Waals surface area contributed by atoms with Gasteiger partial charge in [0.1, 0.15) is 16.8 Å². The molecule has 1 atom stereocenters. The number of carbonyl (C=O) groups is 5. The standard InChI is InChI=1S/C24H26F4N4O5S.C10H16N2O6/c1-30-8-10-31(11-9-30)24(34)37-17-4-6-32(7-5-17)38(35,36)21-12-15(2-3-18(21)25)23(33)29-16-13-19(26)22(28)20(27)14-16;1-11-2-4-12(5-3-11)10(17)18-9(16)7(13)6-8(14)15/h2-3,12-14,17H,4-11H2,1H3,(H,29,33);7,13H,2-6H2,1H3,(H,14,15). The number of esters is 1. The van der Waals surface area contributed by atoms with Crippen LogP contribution < -0.4 is 5.32 Å². The number of hydrogen-bond donors (Lipinski definition) is 3. The highest BCUT2D eigenvalue weighted by molar-refractivity contribution is 7.89. The fourth-order valence-corrected chi connectivity index (χ4v) is 7.23. The molecule has 17 nitrogen and oxygen atoms in total. The number of sulfonamides is 1. The number of benzene rings is 2. The number of aliphatic hydroxyl groups is 1. The van der Waals surface area contributed by atoms with Crippen molar-refractivity contribution in [2.24, 2.45) is 0 Å². The molecule has 0 spiro atoms. The Balaban J connectivity index is 0.000000325. The van der Waals surface area contributed by atoms with E-state index in [1.165, 1.54) is 4.90 Å². The second-order valence-corrected chi connectivity index (χ2v) is 15.1. The van der Waals surface area contributed by atoms with Gasteiger partial charge in [0, 0.05) is 88.8 Å². The van der Waals surface area contributed by atoms with Gasteiger partial charge in [0.15, 0.2) is 23.6 Å². The summed E-state index contributed by atoms with van der Waals surface area (Å²) in [4.78, 5) is 64.2. The number of aliphatic hydroxyl groups excluding tert-OH is 1. The lowest BCUT2D eigenvalue weighted by molar-refractivity contribution is -0.154. The molecule has 3 heterocycles. The van der Waals surface area contributed by atoms with Gasteiger partial charge in [-0.15, -0.1) is 0 Å². The van der Waals surface area contributed by atoms with Gasteiger partial charge >= 0.3 is 24.1 Å². The third kappa shape index (κ3) is 11.8. The zero-order valence-corrected chi connectivity index (χ0v) is 31.3. The average Bonchev–Trinajstić information content (AvgIpc) is 3.14. The summed E-state index contributed by atoms with van der Waals surface area (Å²) in [5.41, 5.74) is -0.709. The maximum Gasteiger partial charge on any atom is 0.417 e. The SMILES string of the molecule is CN1CCN(C(=O)OC(=O)C(O)CC(=O)O)CC1.CN1CCN(C(=O)OC2CCN(S(=O)(=O)c3cc(C(=O)Nc4cc(F)c(F)c(F)c4)ccc3F)CC2)CC1. The minimum atomic E-state index is -4.37. The number of carboxylic acids is 1. The van der Waals surface area contributed by atoms with E-state index in [0.29, 0.717) is 51.4 Å². The van der Waals surface area contributed by atoms with Crippen molar-refractivity contribution < 1.29 is 69.6 Å². The first-order chi connectivity index (χ1) is 26.3. The van der Waals surface area contributed by atoms with Crippen LogP contribution in [-0.2, 0) is 29.1 Å². The Morgan fingerprint density at radius 3 is 1.82 bits per heavy atom. The summed E-state index contributed by atoms with van der Waals surface area (Å²) in [6.07, 6.45) is -3.98. The molecule has 56 heavy (non-hydrogen) atoms. The van der Waals surface area contributed by atoms with Crippen molar-refractivity contribution in [3.63, 3.8) is 0 Å². The van der Waals surface area contributed by atoms with Crippen LogP contribution in [0.25, 0.3) is 0 Å². The number of amides is 3. The van der Waals surface area contributed by atoms with Crippen molar-refractivity contribution in [1.29, 1.82) is 0 Å². The molecule has 3 aliphatic rings. The largest absolute Gasteiger partial charge is 0.481 e. The Kier molecular flexibility index (Phi) is 15.1. The first-order valence-corrected chi connectivity index (χ1v) is 18.8. The zero-order chi connectivity index (χ0) is 41.3. The molecular weight excluding hydrogens is 776 g/mol. The van der Waals surface area contributed by atoms with Crippen LogP contribution in [0, 0.1) is 23.3 Å². The Morgan fingerprint density at radius 1 is 0.786 bits per heavy atom. The molecule has 0 bridgehead atoms. The van der Waals surface area contributed by atoms with Gasteiger partial charge < -0.3 is 44.6 Å². The molecule has 0 radical (unpaired) electrons. The Morgan fingerprint density at radius 2 is 1.30 bits per heavy atom. The summed E-state index contributed by atoms with van der Waals surface area (Å²) >= 11 is 0. The van der Waals surface area contributed by atoms with Gasteiger partial charge in [-0.2, -0.15) is 4.31 Å². The number of ether oxygens (including phenoxy) is 2. The summed E-state index contributed by atoms with van der Waals surface area (Å²) in [6.45, 7) is 4.66. The van der Waals surface area contributed by atoms with Crippen LogP contribution in [-0.4, -0.2) is 164 Å². The van der Waals surface area contributed by atoms with Crippen LogP contribution in [0.2, 0.25) is 0 Å². The third-order valence-electron chi connectivity index (χ3n) is 9.07. The molecule has 2 aromatic carbocycles. The van der Waals surface area contributed by atoms with Gasteiger partial charge in [0.25, 0.3) is 5.91 Å². The van der Waals surface area contributed by atoms with Crippen LogP contribution >= 0.6 is 0 Å². The first-order valence-electron chi connectivity index (χ1n) is 17.3. The molecule has 3 N–H and O–H groups in total. The normalized spacial score (nSPS) is 18.0. The first kappa shape index (κ1) is 43.8. The van der Waals surface area contributed by atoms with E-state index in [0.717, 1.165) is 35.6 Å². The number of aliphatic carboxylic acids is 1. The quantitative estimate of drug-likeness (QED) is 0.151. The zero-order valence-electron chi connectivity index (χ0n) is 30.5. The van der Waals surface area contributed by atoms with Crippen molar-refractivity contribution in [3.8, 4) is 0 Å². The Hall–Kier alpha value is -4.90. The molecule has 3 aliphatic heterocycles. The smallest absolute Gasteiger partial charge is 0.417 e. The number of piperazine rings is 2. The van der Waals surface area contributed by atoms with Gasteiger partial charge in [-0.3, -0.25) is 9.59 Å². The summed E-state index contributed by atoms with van der Waals surface area (Å²) in [6, 6.07) is 3.72. The van der Waals surface area contributed by atoms with E-state index in [1.807, 2.05) is 19.0 Å². The molecule has 3 fully saturated rings. The number of nitrogens with zero attached hydrogens (tertiary/aromatic N) is 5. The summed E-state index contributed by atoms with van der Waals surface area (Å²) in [7, 11) is -0.504. The van der Waals surface area contributed by atoms with Crippen LogP contribution in [0.3, 0.4) is 0 Å². The molecule has 22 heteroatoms. The van der Waals surface area contributed by atoms with Crippen LogP contribution in [0.15, 0.2) is 35.2 Å². The van der Waals surface area contributed by atoms with Crippen LogP contribution in [0.5, 0.6) is 0 Å². The van der Waals surface area contributed by atoms with E-state index in [1.54, 1.807) is 4.90 Å². The molecule has 308 valence electrons. The van der Waals surface area contributed by atoms with E-state index in [9.17, 15) is 50.0 Å². The highest BCUT2D eigenvalue weighted by Gasteiger charge is 2.34. The molecule has 0 saturated carbocycles. The van der Waals surface area contributed by atoms with E-state index in [2.05, 4.69) is 15.0 Å². The fourth-order valence-electron chi connectivity index (χ4n) is 5.67. The number of halogens is 4. The van der Waals surface area contributed by atoms with Crippen LogP contribution in [0.1, 0.15) is 29.6 Å². The molecule has 2 aromatic rings. The fraction of sp³-hybridized carbons (Fsp3) is 0.500. The lowest BCUT2D eigenvalue weighted by Gasteiger charge is -2.35. The maximum absolute atomic E-state index is 14.6. The molecule has 5 rings (SSSR count). The predicted octanol–water partition coefficient (Wildman–Crippen LogP) is 1.77. The second kappa shape index (κ2) is 19.3. The number of nitrogens with one attached hydrogen (secondary N) is 1. The summed E-state index contributed by atoms with van der Waals surface area (Å²) < 4.78 is 91.9. The number of carbonyl (C=O) groups excluding carboxylic acids is 4. The number of rotatable bonds is 8. The van der Waals surface area contributed by atoms with E-state index in [-0.39, 0.29) is 31.5 Å². The number of piperidine rings is 1. The Bertz CT molecular complexity index is 1860. The second-order valence-electron chi connectivity index (χ2n) is 13.2. The minimum Gasteiger partial charge on any atom is -0.481 e. The van der Waals surface area contributed by atoms with Crippen molar-refractivity contribution in [3.05, 3.63) is 59.2 Å². The monoisotopic (exact) mass is 818 g/mol. The number of likely N-dealkylation sites (N-methyl/N-ethyl adjacent to an activating group) is 2. The number of anilines is 1. The lowest BCUT2D eigenvalue weighted by atomic mass is 10.1.